The molecule has 4 rings (SSSR count). The summed E-state index contributed by atoms with van der Waals surface area (Å²) in [5.41, 5.74) is 4.36. The highest BCUT2D eigenvalue weighted by Crippen LogP contribution is 2.32. The van der Waals surface area contributed by atoms with E-state index in [0.717, 1.165) is 16.0 Å². The van der Waals surface area contributed by atoms with Crippen molar-refractivity contribution in [3.05, 3.63) is 106 Å². The summed E-state index contributed by atoms with van der Waals surface area (Å²) in [4.78, 5) is 27.8. The molecule has 0 spiro atoms. The van der Waals surface area contributed by atoms with E-state index in [2.05, 4.69) is 5.32 Å². The van der Waals surface area contributed by atoms with Crippen molar-refractivity contribution in [2.45, 2.75) is 20.4 Å². The minimum Gasteiger partial charge on any atom is -0.350 e. The number of hydrogen-bond donors (Lipinski definition) is 1. The number of carbonyl (C=O) groups excluding carboxylic acids is 2. The Morgan fingerprint density at radius 1 is 0.903 bits per heavy atom. The quantitative estimate of drug-likeness (QED) is 0.540. The van der Waals surface area contributed by atoms with Gasteiger partial charge in [0.25, 0.3) is 11.8 Å². The van der Waals surface area contributed by atoms with Gasteiger partial charge in [-0.25, -0.2) is 4.39 Å². The molecule has 31 heavy (non-hydrogen) atoms. The summed E-state index contributed by atoms with van der Waals surface area (Å²) in [6.45, 7) is 4.01. The summed E-state index contributed by atoms with van der Waals surface area (Å²) < 4.78 is 13.5. The number of imide groups is 1. The number of nitrogens with one attached hydrogen (secondary N) is 1. The summed E-state index contributed by atoms with van der Waals surface area (Å²) in [5.74, 6) is -1.33. The molecule has 0 radical (unpaired) electrons. The molecule has 1 heterocycles. The molecule has 0 bridgehead atoms. The maximum atomic E-state index is 13.5. The first-order chi connectivity index (χ1) is 14.8. The topological polar surface area (TPSA) is 49.4 Å². The Morgan fingerprint density at radius 2 is 1.61 bits per heavy atom. The molecule has 1 N–H and O–H groups in total. The summed E-state index contributed by atoms with van der Waals surface area (Å²) in [6.07, 6.45) is 0. The fourth-order valence-corrected chi connectivity index (χ4v) is 3.68. The van der Waals surface area contributed by atoms with Gasteiger partial charge in [-0.15, -0.1) is 0 Å². The minimum atomic E-state index is -0.456. The lowest BCUT2D eigenvalue weighted by Gasteiger charge is -2.16. The highest BCUT2D eigenvalue weighted by molar-refractivity contribution is 6.36. The number of hydrogen-bond acceptors (Lipinski definition) is 3. The molecule has 0 aliphatic carbocycles. The van der Waals surface area contributed by atoms with Crippen molar-refractivity contribution in [3.8, 4) is 0 Å². The predicted octanol–water partition coefficient (Wildman–Crippen LogP) is 5.49. The smallest absolute Gasteiger partial charge is 0.278 e. The van der Waals surface area contributed by atoms with Gasteiger partial charge in [-0.3, -0.25) is 14.5 Å². The maximum Gasteiger partial charge on any atom is 0.278 e. The van der Waals surface area contributed by atoms with Crippen molar-refractivity contribution in [2.75, 3.05) is 5.32 Å². The van der Waals surface area contributed by atoms with Crippen LogP contribution in [0.2, 0.25) is 5.02 Å². The van der Waals surface area contributed by atoms with Crippen LogP contribution in [0.1, 0.15) is 22.3 Å². The second kappa shape index (κ2) is 8.36. The molecule has 156 valence electrons. The van der Waals surface area contributed by atoms with Gasteiger partial charge in [0, 0.05) is 10.7 Å². The Morgan fingerprint density at radius 3 is 2.29 bits per heavy atom. The lowest BCUT2D eigenvalue weighted by molar-refractivity contribution is -0.137. The maximum absolute atomic E-state index is 13.5. The first-order valence-electron chi connectivity index (χ1n) is 9.79. The molecule has 0 aromatic heterocycles. The molecule has 0 atom stereocenters. The monoisotopic (exact) mass is 434 g/mol. The van der Waals surface area contributed by atoms with E-state index in [1.165, 1.54) is 24.3 Å². The summed E-state index contributed by atoms with van der Waals surface area (Å²) in [6, 6.07) is 18.3. The minimum absolute atomic E-state index is 0.0418. The fourth-order valence-electron chi connectivity index (χ4n) is 3.48. The third-order valence-electron chi connectivity index (χ3n) is 5.36. The van der Waals surface area contributed by atoms with Crippen LogP contribution in [0.15, 0.2) is 72.4 Å². The lowest BCUT2D eigenvalue weighted by atomic mass is 10.0. The Labute approximate surface area is 185 Å². The Balaban J connectivity index is 1.76. The number of nitrogens with zero attached hydrogens (tertiary/aromatic N) is 1. The van der Waals surface area contributed by atoms with Crippen molar-refractivity contribution >= 4 is 34.7 Å². The van der Waals surface area contributed by atoms with Crippen LogP contribution in [0, 0.1) is 19.7 Å². The van der Waals surface area contributed by atoms with Gasteiger partial charge in [0.05, 0.1) is 12.1 Å². The fraction of sp³-hybridized carbons (Fsp3) is 0.120. The highest BCUT2D eigenvalue weighted by atomic mass is 35.5. The molecule has 0 saturated carbocycles. The lowest BCUT2D eigenvalue weighted by Crippen LogP contribution is -2.32. The van der Waals surface area contributed by atoms with Crippen molar-refractivity contribution in [2.24, 2.45) is 0 Å². The van der Waals surface area contributed by atoms with E-state index in [1.807, 2.05) is 32.0 Å². The third-order valence-corrected chi connectivity index (χ3v) is 5.73. The average Bonchev–Trinajstić information content (AvgIpc) is 2.97. The zero-order valence-electron chi connectivity index (χ0n) is 17.1. The normalized spacial score (nSPS) is 13.9. The van der Waals surface area contributed by atoms with Gasteiger partial charge in [-0.05, 0) is 66.4 Å². The van der Waals surface area contributed by atoms with Crippen LogP contribution in [0.4, 0.5) is 10.1 Å². The van der Waals surface area contributed by atoms with E-state index in [1.54, 1.807) is 24.3 Å². The SMILES string of the molecule is Cc1ccc(NC2=C(c3ccc(F)cc3)C(=O)N(Cc3ccccc3Cl)C2=O)cc1C. The van der Waals surface area contributed by atoms with E-state index in [0.29, 0.717) is 21.8 Å². The van der Waals surface area contributed by atoms with Crippen LogP contribution in [-0.2, 0) is 16.1 Å². The van der Waals surface area contributed by atoms with Crippen LogP contribution >= 0.6 is 11.6 Å². The van der Waals surface area contributed by atoms with E-state index in [-0.39, 0.29) is 17.8 Å². The average molecular weight is 435 g/mol. The standard InChI is InChI=1S/C25H20ClFN2O2/c1-15-7-12-20(13-16(15)2)28-23-22(17-8-10-19(27)11-9-17)24(30)29(25(23)31)14-18-5-3-4-6-21(18)26/h3-13,28H,14H2,1-2H3. The number of aryl methyl sites for hydroxylation is 2. The van der Waals surface area contributed by atoms with Crippen molar-refractivity contribution < 1.29 is 14.0 Å². The molecule has 6 heteroatoms. The summed E-state index contributed by atoms with van der Waals surface area (Å²) >= 11 is 6.25. The molecule has 2 amide bonds. The second-order valence-corrected chi connectivity index (χ2v) is 7.88. The number of benzene rings is 3. The molecular weight excluding hydrogens is 415 g/mol. The number of carbonyl (C=O) groups is 2. The van der Waals surface area contributed by atoms with Gasteiger partial charge in [0.1, 0.15) is 11.5 Å². The van der Waals surface area contributed by atoms with Gasteiger partial charge in [-0.1, -0.05) is 48.0 Å². The molecule has 4 nitrogen and oxygen atoms in total. The molecule has 3 aromatic rings. The zero-order chi connectivity index (χ0) is 22.1. The second-order valence-electron chi connectivity index (χ2n) is 7.47. The molecule has 0 saturated heterocycles. The number of halogens is 2. The number of amides is 2. The third kappa shape index (κ3) is 4.09. The molecular formula is C25H20ClFN2O2. The van der Waals surface area contributed by atoms with E-state index in [9.17, 15) is 14.0 Å². The van der Waals surface area contributed by atoms with Crippen LogP contribution in [0.25, 0.3) is 5.57 Å². The van der Waals surface area contributed by atoms with Crippen LogP contribution in [0.5, 0.6) is 0 Å². The van der Waals surface area contributed by atoms with Crippen molar-refractivity contribution in [3.63, 3.8) is 0 Å². The summed E-state index contributed by atoms with van der Waals surface area (Å²) in [7, 11) is 0. The Hall–Kier alpha value is -3.44. The Kier molecular flexibility index (Phi) is 5.61. The van der Waals surface area contributed by atoms with E-state index in [4.69, 9.17) is 11.6 Å². The Bertz CT molecular complexity index is 1220. The molecule has 1 aliphatic heterocycles. The largest absolute Gasteiger partial charge is 0.350 e. The van der Waals surface area contributed by atoms with Crippen LogP contribution in [0.3, 0.4) is 0 Å². The first kappa shape index (κ1) is 20.8. The number of rotatable bonds is 5. The number of anilines is 1. The molecule has 3 aromatic carbocycles. The molecule has 0 unspecified atom stereocenters. The van der Waals surface area contributed by atoms with Crippen LogP contribution in [-0.4, -0.2) is 16.7 Å². The van der Waals surface area contributed by atoms with Gasteiger partial charge >= 0.3 is 0 Å². The van der Waals surface area contributed by atoms with E-state index < -0.39 is 17.6 Å². The van der Waals surface area contributed by atoms with Gasteiger partial charge in [-0.2, -0.15) is 0 Å². The van der Waals surface area contributed by atoms with E-state index >= 15 is 0 Å². The van der Waals surface area contributed by atoms with Gasteiger partial charge in [0.15, 0.2) is 0 Å². The summed E-state index contributed by atoms with van der Waals surface area (Å²) in [5, 5.41) is 3.60. The molecule has 1 aliphatic rings. The predicted molar refractivity (Wildman–Crippen MR) is 120 cm³/mol. The molecule has 0 fully saturated rings. The van der Waals surface area contributed by atoms with Gasteiger partial charge < -0.3 is 5.32 Å². The zero-order valence-corrected chi connectivity index (χ0v) is 17.8. The highest BCUT2D eigenvalue weighted by Gasteiger charge is 2.39. The first-order valence-corrected chi connectivity index (χ1v) is 10.2. The van der Waals surface area contributed by atoms with Crippen molar-refractivity contribution in [1.82, 2.24) is 4.90 Å². The van der Waals surface area contributed by atoms with Crippen LogP contribution < -0.4 is 5.32 Å². The van der Waals surface area contributed by atoms with Crippen molar-refractivity contribution in [1.29, 1.82) is 0 Å². The van der Waals surface area contributed by atoms with Gasteiger partial charge in [0.2, 0.25) is 0 Å².